The van der Waals surface area contributed by atoms with Crippen LogP contribution >= 0.6 is 0 Å². The lowest BCUT2D eigenvalue weighted by molar-refractivity contribution is -0.0674. The summed E-state index contributed by atoms with van der Waals surface area (Å²) >= 11 is 0. The molecule has 1 N–H and O–H groups in total. The SMILES string of the molecule is CC1(c2noc([C@@H]3C[C@@H]3F)n2)CCN(C(=O)N[C@@H]2C(N=O)CCCC2(F)F)CC1. The zero-order chi connectivity index (χ0) is 20.8. The van der Waals surface area contributed by atoms with Crippen LogP contribution in [-0.2, 0) is 5.41 Å². The molecule has 0 radical (unpaired) electrons. The normalized spacial score (nSPS) is 33.2. The first-order valence-electron chi connectivity index (χ1n) is 9.97. The number of amides is 2. The van der Waals surface area contributed by atoms with Gasteiger partial charge < -0.3 is 14.7 Å². The number of rotatable bonds is 4. The van der Waals surface area contributed by atoms with Crippen molar-refractivity contribution < 1.29 is 22.5 Å². The average Bonchev–Trinajstić information content (AvgIpc) is 3.20. The Hall–Kier alpha value is -2.20. The summed E-state index contributed by atoms with van der Waals surface area (Å²) in [5.74, 6) is -2.69. The van der Waals surface area contributed by atoms with Gasteiger partial charge in [0.05, 0.1) is 5.92 Å². The lowest BCUT2D eigenvalue weighted by Gasteiger charge is -2.40. The smallest absolute Gasteiger partial charge is 0.317 e. The summed E-state index contributed by atoms with van der Waals surface area (Å²) in [6, 6.07) is -3.34. The first-order valence-corrected chi connectivity index (χ1v) is 9.97. The fraction of sp³-hybridized carbons (Fsp3) is 0.833. The molecule has 8 nitrogen and oxygen atoms in total. The summed E-state index contributed by atoms with van der Waals surface area (Å²) in [6.45, 7) is 2.58. The highest BCUT2D eigenvalue weighted by Gasteiger charge is 2.50. The van der Waals surface area contributed by atoms with Crippen molar-refractivity contribution >= 4 is 6.03 Å². The fourth-order valence-corrected chi connectivity index (χ4v) is 4.17. The molecule has 2 aliphatic carbocycles. The summed E-state index contributed by atoms with van der Waals surface area (Å²) < 4.78 is 46.8. The van der Waals surface area contributed by atoms with Crippen molar-refractivity contribution in [1.29, 1.82) is 0 Å². The van der Waals surface area contributed by atoms with Gasteiger partial charge in [0.25, 0.3) is 5.92 Å². The highest BCUT2D eigenvalue weighted by Crippen LogP contribution is 2.44. The Labute approximate surface area is 165 Å². The zero-order valence-corrected chi connectivity index (χ0v) is 16.1. The molecule has 1 aromatic heterocycles. The molecule has 2 saturated carbocycles. The molecule has 1 aliphatic heterocycles. The molecule has 3 aliphatic rings. The van der Waals surface area contributed by atoms with Crippen molar-refractivity contribution in [1.82, 2.24) is 20.4 Å². The van der Waals surface area contributed by atoms with Gasteiger partial charge in [0, 0.05) is 24.9 Å². The number of nitroso groups, excluding NO2 is 1. The fourth-order valence-electron chi connectivity index (χ4n) is 4.17. The molecule has 2 amide bonds. The number of nitrogens with one attached hydrogen (secondary N) is 1. The molecule has 4 atom stereocenters. The van der Waals surface area contributed by atoms with Gasteiger partial charge in [-0.2, -0.15) is 9.89 Å². The molecule has 1 unspecified atom stereocenters. The topological polar surface area (TPSA) is 101 Å². The van der Waals surface area contributed by atoms with Crippen LogP contribution in [0, 0.1) is 4.91 Å². The molecule has 1 aromatic rings. The van der Waals surface area contributed by atoms with E-state index >= 15 is 0 Å². The van der Waals surface area contributed by atoms with Crippen LogP contribution in [0.2, 0.25) is 0 Å². The molecular formula is C18H24F3N5O3. The largest absolute Gasteiger partial charge is 0.339 e. The lowest BCUT2D eigenvalue weighted by Crippen LogP contribution is -2.59. The monoisotopic (exact) mass is 415 g/mol. The van der Waals surface area contributed by atoms with E-state index in [9.17, 15) is 22.9 Å². The molecule has 11 heteroatoms. The number of halogens is 3. The lowest BCUT2D eigenvalue weighted by atomic mass is 9.79. The standard InChI is InChI=1S/C18H24F3N5O3/c1-17(15-23-14(29-25-15)10-9-11(10)19)5-7-26(8-6-17)16(27)22-13-12(24-28)3-2-4-18(13,20)21/h10-13H,2-9H2,1H3,(H,22,27)/t10-,11+,12?,13-/m1/s1. The number of urea groups is 1. The van der Waals surface area contributed by atoms with Crippen molar-refractivity contribution in [3.8, 4) is 0 Å². The van der Waals surface area contributed by atoms with Gasteiger partial charge in [-0.1, -0.05) is 17.3 Å². The molecule has 0 bridgehead atoms. The zero-order valence-electron chi connectivity index (χ0n) is 16.1. The van der Waals surface area contributed by atoms with Crippen LogP contribution in [0.1, 0.15) is 63.1 Å². The van der Waals surface area contributed by atoms with E-state index < -0.39 is 35.6 Å². The summed E-state index contributed by atoms with van der Waals surface area (Å²) in [5, 5.41) is 9.12. The number of hydrogen-bond acceptors (Lipinski definition) is 6. The van der Waals surface area contributed by atoms with Gasteiger partial charge in [0.1, 0.15) is 18.3 Å². The van der Waals surface area contributed by atoms with Crippen LogP contribution in [0.4, 0.5) is 18.0 Å². The number of aromatic nitrogens is 2. The van der Waals surface area contributed by atoms with Gasteiger partial charge in [-0.15, -0.1) is 0 Å². The van der Waals surface area contributed by atoms with Crippen LogP contribution in [0.25, 0.3) is 0 Å². The van der Waals surface area contributed by atoms with Crippen molar-refractivity contribution in [2.24, 2.45) is 5.18 Å². The number of alkyl halides is 3. The average molecular weight is 415 g/mol. The van der Waals surface area contributed by atoms with E-state index in [1.165, 1.54) is 4.90 Å². The Balaban J connectivity index is 1.36. The second kappa shape index (κ2) is 7.24. The second-order valence-corrected chi connectivity index (χ2v) is 8.62. The quantitative estimate of drug-likeness (QED) is 0.761. The van der Waals surface area contributed by atoms with E-state index in [1.54, 1.807) is 0 Å². The molecule has 160 valence electrons. The van der Waals surface area contributed by atoms with E-state index in [-0.39, 0.29) is 25.2 Å². The Kier molecular flexibility index (Phi) is 5.02. The van der Waals surface area contributed by atoms with E-state index in [2.05, 4.69) is 20.6 Å². The highest BCUT2D eigenvalue weighted by atomic mass is 19.3. The van der Waals surface area contributed by atoms with Crippen molar-refractivity contribution in [2.75, 3.05) is 13.1 Å². The first-order chi connectivity index (χ1) is 13.7. The highest BCUT2D eigenvalue weighted by molar-refractivity contribution is 5.75. The van der Waals surface area contributed by atoms with Gasteiger partial charge in [-0.3, -0.25) is 0 Å². The number of carbonyl (C=O) groups is 1. The summed E-state index contributed by atoms with van der Waals surface area (Å²) in [6.07, 6.45) is 0.568. The summed E-state index contributed by atoms with van der Waals surface area (Å²) in [4.78, 5) is 29.3. The van der Waals surface area contributed by atoms with Crippen LogP contribution in [0.15, 0.2) is 9.70 Å². The number of likely N-dealkylation sites (tertiary alicyclic amines) is 1. The van der Waals surface area contributed by atoms with E-state index in [4.69, 9.17) is 4.52 Å². The molecule has 2 heterocycles. The van der Waals surface area contributed by atoms with E-state index in [1.807, 2.05) is 6.92 Å². The molecule has 0 aromatic carbocycles. The van der Waals surface area contributed by atoms with Gasteiger partial charge >= 0.3 is 6.03 Å². The van der Waals surface area contributed by atoms with Crippen molar-refractivity contribution in [3.63, 3.8) is 0 Å². The minimum absolute atomic E-state index is 0.203. The molecule has 0 spiro atoms. The Morgan fingerprint density at radius 3 is 2.62 bits per heavy atom. The molecular weight excluding hydrogens is 391 g/mol. The third-order valence-electron chi connectivity index (χ3n) is 6.43. The van der Waals surface area contributed by atoms with Gasteiger partial charge in [0.2, 0.25) is 5.89 Å². The van der Waals surface area contributed by atoms with Crippen LogP contribution < -0.4 is 5.32 Å². The minimum atomic E-state index is -3.16. The number of nitrogens with zero attached hydrogens (tertiary/aromatic N) is 4. The second-order valence-electron chi connectivity index (χ2n) is 8.62. The minimum Gasteiger partial charge on any atom is -0.339 e. The number of hydrogen-bond donors (Lipinski definition) is 1. The maximum atomic E-state index is 14.2. The predicted octanol–water partition coefficient (Wildman–Crippen LogP) is 3.28. The van der Waals surface area contributed by atoms with Crippen molar-refractivity contribution in [2.45, 2.75) is 81.0 Å². The third kappa shape index (κ3) is 3.83. The van der Waals surface area contributed by atoms with E-state index in [0.29, 0.717) is 44.1 Å². The molecule has 3 fully saturated rings. The molecule has 4 rings (SSSR count). The first kappa shape index (κ1) is 20.1. The van der Waals surface area contributed by atoms with Crippen molar-refractivity contribution in [3.05, 3.63) is 16.6 Å². The van der Waals surface area contributed by atoms with Gasteiger partial charge in [-0.05, 0) is 32.1 Å². The van der Waals surface area contributed by atoms with E-state index in [0.717, 1.165) is 0 Å². The van der Waals surface area contributed by atoms with Crippen LogP contribution in [0.5, 0.6) is 0 Å². The maximum absolute atomic E-state index is 14.2. The Morgan fingerprint density at radius 2 is 2.00 bits per heavy atom. The van der Waals surface area contributed by atoms with Gasteiger partial charge in [0.15, 0.2) is 5.82 Å². The van der Waals surface area contributed by atoms with Crippen LogP contribution in [0.3, 0.4) is 0 Å². The number of carbonyl (C=O) groups excluding carboxylic acids is 1. The predicted molar refractivity (Wildman–Crippen MR) is 95.4 cm³/mol. The van der Waals surface area contributed by atoms with Gasteiger partial charge in [-0.25, -0.2) is 18.0 Å². The summed E-state index contributed by atoms with van der Waals surface area (Å²) in [5.41, 5.74) is -0.444. The Morgan fingerprint density at radius 1 is 1.31 bits per heavy atom. The summed E-state index contributed by atoms with van der Waals surface area (Å²) in [7, 11) is 0. The molecule has 29 heavy (non-hydrogen) atoms. The Bertz CT molecular complexity index is 781. The maximum Gasteiger partial charge on any atom is 0.317 e. The molecule has 1 saturated heterocycles. The third-order valence-corrected chi connectivity index (χ3v) is 6.43. The van der Waals surface area contributed by atoms with Crippen LogP contribution in [-0.4, -0.2) is 58.3 Å². The number of piperidine rings is 1.